The van der Waals surface area contributed by atoms with Crippen molar-refractivity contribution in [1.82, 2.24) is 4.90 Å². The first-order valence-electron chi connectivity index (χ1n) is 11.7. The number of carboxylic acid groups (broad SMARTS) is 1. The predicted octanol–water partition coefficient (Wildman–Crippen LogP) is 3.72. The number of carboxylic acids is 1. The van der Waals surface area contributed by atoms with Crippen LogP contribution in [0.2, 0.25) is 0 Å². The first-order valence-corrected chi connectivity index (χ1v) is 11.7. The normalized spacial score (nSPS) is 27.0. The van der Waals surface area contributed by atoms with Crippen LogP contribution in [-0.4, -0.2) is 59.8 Å². The second kappa shape index (κ2) is 8.60. The van der Waals surface area contributed by atoms with Crippen molar-refractivity contribution in [2.45, 2.75) is 50.5 Å². The molecule has 0 saturated carbocycles. The predicted molar refractivity (Wildman–Crippen MR) is 125 cm³/mol. The Labute approximate surface area is 198 Å². The quantitative estimate of drug-likeness (QED) is 0.693. The van der Waals surface area contributed by atoms with Gasteiger partial charge in [-0.2, -0.15) is 0 Å². The Hall–Kier alpha value is -3.10. The fourth-order valence-electron chi connectivity index (χ4n) is 5.67. The van der Waals surface area contributed by atoms with E-state index in [-0.39, 0.29) is 42.2 Å². The van der Waals surface area contributed by atoms with Crippen molar-refractivity contribution in [2.75, 3.05) is 25.5 Å². The van der Waals surface area contributed by atoms with E-state index < -0.39 is 11.6 Å². The summed E-state index contributed by atoms with van der Waals surface area (Å²) in [5.41, 5.74) is 0.939. The third kappa shape index (κ3) is 3.91. The number of para-hydroxylation sites is 2. The van der Waals surface area contributed by atoms with Crippen molar-refractivity contribution < 1.29 is 28.9 Å². The van der Waals surface area contributed by atoms with E-state index in [0.717, 1.165) is 30.7 Å². The second-order valence-electron chi connectivity index (χ2n) is 9.75. The average molecular weight is 467 g/mol. The molecule has 2 aromatic carbocycles. The van der Waals surface area contributed by atoms with E-state index in [1.807, 2.05) is 18.2 Å². The minimum absolute atomic E-state index is 0.0216. The molecule has 5 rings (SSSR count). The lowest BCUT2D eigenvalue weighted by Crippen LogP contribution is -2.54. The van der Waals surface area contributed by atoms with Gasteiger partial charge >= 0.3 is 5.97 Å². The van der Waals surface area contributed by atoms with Gasteiger partial charge in [0.15, 0.2) is 11.5 Å². The largest absolute Gasteiger partial charge is 0.493 e. The molecule has 8 heteroatoms. The summed E-state index contributed by atoms with van der Waals surface area (Å²) in [5, 5.41) is 12.2. The molecule has 34 heavy (non-hydrogen) atoms. The van der Waals surface area contributed by atoms with Gasteiger partial charge in [0.1, 0.15) is 5.60 Å². The van der Waals surface area contributed by atoms with Gasteiger partial charge in [0.2, 0.25) is 5.91 Å². The Morgan fingerprint density at radius 1 is 1.21 bits per heavy atom. The standard InChI is InChI=1S/C26H30N2O6/c1-26(2)17-13-19-20(33-23(17)16-8-6-10-21(32-3)24(16)34-26)11-12-28(19)14-22(29)27-18-9-5-4-7-15(18)25(30)31/h4-10,17,19-20,23H,11-14H2,1-3H3,(H,27,29)(H,30,31)/t17-,19+,20-,23+/m1/s1. The van der Waals surface area contributed by atoms with E-state index in [0.29, 0.717) is 11.4 Å². The number of likely N-dealkylation sites (tertiary alicyclic amines) is 1. The van der Waals surface area contributed by atoms with Crippen molar-refractivity contribution in [3.8, 4) is 11.5 Å². The van der Waals surface area contributed by atoms with Crippen molar-refractivity contribution >= 4 is 17.6 Å². The molecular formula is C26H30N2O6. The van der Waals surface area contributed by atoms with Gasteiger partial charge in [-0.15, -0.1) is 0 Å². The van der Waals surface area contributed by atoms with E-state index in [2.05, 4.69) is 24.1 Å². The molecule has 0 spiro atoms. The van der Waals surface area contributed by atoms with E-state index in [9.17, 15) is 14.7 Å². The number of methoxy groups -OCH3 is 1. The van der Waals surface area contributed by atoms with Crippen LogP contribution in [0.3, 0.4) is 0 Å². The molecule has 2 aromatic rings. The smallest absolute Gasteiger partial charge is 0.337 e. The highest BCUT2D eigenvalue weighted by atomic mass is 16.5. The molecule has 0 bridgehead atoms. The van der Waals surface area contributed by atoms with Crippen molar-refractivity contribution in [2.24, 2.45) is 5.92 Å². The lowest BCUT2D eigenvalue weighted by molar-refractivity contribution is -0.162. The molecule has 0 unspecified atom stereocenters. The average Bonchev–Trinajstić information content (AvgIpc) is 3.19. The molecule has 0 aromatic heterocycles. The van der Waals surface area contributed by atoms with Crippen LogP contribution in [0.5, 0.6) is 11.5 Å². The second-order valence-corrected chi connectivity index (χ2v) is 9.75. The first-order chi connectivity index (χ1) is 16.3. The number of hydrogen-bond donors (Lipinski definition) is 2. The number of ether oxygens (including phenoxy) is 3. The highest BCUT2D eigenvalue weighted by Gasteiger charge is 2.53. The molecule has 0 aliphatic carbocycles. The summed E-state index contributed by atoms with van der Waals surface area (Å²) < 4.78 is 18.6. The molecule has 8 nitrogen and oxygen atoms in total. The van der Waals surface area contributed by atoms with Gasteiger partial charge in [0.05, 0.1) is 37.1 Å². The summed E-state index contributed by atoms with van der Waals surface area (Å²) >= 11 is 0. The molecule has 3 aliphatic heterocycles. The van der Waals surface area contributed by atoms with Gasteiger partial charge in [0.25, 0.3) is 0 Å². The van der Waals surface area contributed by atoms with Gasteiger partial charge in [-0.05, 0) is 44.9 Å². The summed E-state index contributed by atoms with van der Waals surface area (Å²) in [4.78, 5) is 26.4. The summed E-state index contributed by atoms with van der Waals surface area (Å²) in [7, 11) is 1.64. The third-order valence-electron chi connectivity index (χ3n) is 7.35. The van der Waals surface area contributed by atoms with Crippen LogP contribution in [0.4, 0.5) is 5.69 Å². The number of benzene rings is 2. The number of aromatic carboxylic acids is 1. The SMILES string of the molecule is COc1cccc2c1OC(C)(C)[C@@H]1C[C@H]3[C@@H](CCN3CC(=O)Nc3ccccc3C(=O)O)O[C@@H]21. The van der Waals surface area contributed by atoms with Crippen LogP contribution in [0.25, 0.3) is 0 Å². The number of hydrogen-bond acceptors (Lipinski definition) is 6. The number of nitrogens with zero attached hydrogens (tertiary/aromatic N) is 1. The minimum atomic E-state index is -1.07. The monoisotopic (exact) mass is 466 g/mol. The number of rotatable bonds is 5. The van der Waals surface area contributed by atoms with Crippen LogP contribution in [0.15, 0.2) is 42.5 Å². The fourth-order valence-corrected chi connectivity index (χ4v) is 5.67. The van der Waals surface area contributed by atoms with Crippen molar-refractivity contribution in [3.05, 3.63) is 53.6 Å². The van der Waals surface area contributed by atoms with E-state index in [1.54, 1.807) is 25.3 Å². The molecular weight excluding hydrogens is 436 g/mol. The lowest BCUT2D eigenvalue weighted by atomic mass is 9.74. The summed E-state index contributed by atoms with van der Waals surface area (Å²) in [6.07, 6.45) is 1.62. The van der Waals surface area contributed by atoms with Crippen LogP contribution < -0.4 is 14.8 Å². The zero-order chi connectivity index (χ0) is 24.0. The molecule has 4 atom stereocenters. The molecule has 2 N–H and O–H groups in total. The molecule has 1 amide bonds. The summed E-state index contributed by atoms with van der Waals surface area (Å²) in [5.74, 6) is 0.276. The summed E-state index contributed by atoms with van der Waals surface area (Å²) in [6, 6.07) is 12.4. The van der Waals surface area contributed by atoms with Crippen LogP contribution >= 0.6 is 0 Å². The van der Waals surface area contributed by atoms with Gasteiger partial charge in [-0.25, -0.2) is 4.79 Å². The Kier molecular flexibility index (Phi) is 5.73. The molecule has 2 saturated heterocycles. The zero-order valence-corrected chi connectivity index (χ0v) is 19.6. The van der Waals surface area contributed by atoms with Crippen molar-refractivity contribution in [3.63, 3.8) is 0 Å². The maximum atomic E-state index is 12.8. The Morgan fingerprint density at radius 2 is 2.00 bits per heavy atom. The molecule has 180 valence electrons. The number of carbonyl (C=O) groups excluding carboxylic acids is 1. The van der Waals surface area contributed by atoms with Crippen LogP contribution in [0.1, 0.15) is 48.7 Å². The van der Waals surface area contributed by atoms with Crippen LogP contribution in [0, 0.1) is 5.92 Å². The highest BCUT2D eigenvalue weighted by molar-refractivity contribution is 6.01. The molecule has 0 radical (unpaired) electrons. The summed E-state index contributed by atoms with van der Waals surface area (Å²) in [6.45, 7) is 5.09. The van der Waals surface area contributed by atoms with Gasteiger partial charge in [-0.3, -0.25) is 9.69 Å². The minimum Gasteiger partial charge on any atom is -0.493 e. The van der Waals surface area contributed by atoms with Crippen molar-refractivity contribution in [1.29, 1.82) is 0 Å². The number of anilines is 1. The Balaban J connectivity index is 1.33. The molecule has 3 aliphatic rings. The van der Waals surface area contributed by atoms with Gasteiger partial charge in [-0.1, -0.05) is 24.3 Å². The third-order valence-corrected chi connectivity index (χ3v) is 7.35. The van der Waals surface area contributed by atoms with E-state index in [1.165, 1.54) is 6.07 Å². The maximum absolute atomic E-state index is 12.8. The molecule has 2 fully saturated rings. The maximum Gasteiger partial charge on any atom is 0.337 e. The number of carbonyl (C=O) groups is 2. The highest BCUT2D eigenvalue weighted by Crippen LogP contribution is 2.54. The zero-order valence-electron chi connectivity index (χ0n) is 19.6. The number of nitrogens with one attached hydrogen (secondary N) is 1. The Bertz CT molecular complexity index is 1120. The van der Waals surface area contributed by atoms with E-state index in [4.69, 9.17) is 14.2 Å². The van der Waals surface area contributed by atoms with Gasteiger partial charge < -0.3 is 24.6 Å². The van der Waals surface area contributed by atoms with E-state index >= 15 is 0 Å². The lowest BCUT2D eigenvalue weighted by Gasteiger charge is -2.51. The number of amides is 1. The Morgan fingerprint density at radius 3 is 2.76 bits per heavy atom. The fraction of sp³-hybridized carbons (Fsp3) is 0.462. The van der Waals surface area contributed by atoms with Crippen LogP contribution in [-0.2, 0) is 9.53 Å². The van der Waals surface area contributed by atoms with Gasteiger partial charge in [0, 0.05) is 24.1 Å². The topological polar surface area (TPSA) is 97.3 Å². The molecule has 3 heterocycles. The first kappa shape index (κ1) is 22.7. The number of fused-ring (bicyclic) bond motifs is 4.